The lowest BCUT2D eigenvalue weighted by Crippen LogP contribution is -2.28. The molecule has 1 heterocycles. The number of pyridine rings is 1. The van der Waals surface area contributed by atoms with Gasteiger partial charge in [-0.3, -0.25) is 4.79 Å². The molecule has 0 radical (unpaired) electrons. The van der Waals surface area contributed by atoms with Crippen molar-refractivity contribution in [3.63, 3.8) is 0 Å². The molecule has 0 bridgehead atoms. The van der Waals surface area contributed by atoms with Gasteiger partial charge in [0.25, 0.3) is 5.91 Å². The Kier molecular flexibility index (Phi) is 5.31. The number of rotatable bonds is 5. The van der Waals surface area contributed by atoms with E-state index >= 15 is 0 Å². The topological polar surface area (TPSA) is 57.0 Å². The van der Waals surface area contributed by atoms with Crippen molar-refractivity contribution in [3.8, 4) is 6.07 Å². The van der Waals surface area contributed by atoms with Gasteiger partial charge < -0.3 is 4.90 Å². The second-order valence-electron chi connectivity index (χ2n) is 4.80. The van der Waals surface area contributed by atoms with E-state index in [4.69, 9.17) is 5.26 Å². The lowest BCUT2D eigenvalue weighted by atomic mass is 10.1. The van der Waals surface area contributed by atoms with Crippen molar-refractivity contribution >= 4 is 5.91 Å². The van der Waals surface area contributed by atoms with Gasteiger partial charge >= 0.3 is 0 Å². The van der Waals surface area contributed by atoms with Crippen LogP contribution in [0.3, 0.4) is 0 Å². The smallest absolute Gasteiger partial charge is 0.253 e. The summed E-state index contributed by atoms with van der Waals surface area (Å²) in [5.74, 6) is 0.595. The molecule has 0 unspecified atom stereocenters. The van der Waals surface area contributed by atoms with Gasteiger partial charge in [0, 0.05) is 25.4 Å². The molecule has 0 aliphatic heterocycles. The summed E-state index contributed by atoms with van der Waals surface area (Å²) in [5.41, 5.74) is 0.796. The third kappa shape index (κ3) is 4.17. The van der Waals surface area contributed by atoms with Crippen LogP contribution in [0.15, 0.2) is 18.3 Å². The number of aromatic nitrogens is 1. The number of carbonyl (C=O) groups excluding carboxylic acids is 1. The Bertz CT molecular complexity index is 449. The van der Waals surface area contributed by atoms with Crippen molar-refractivity contribution in [2.24, 2.45) is 5.92 Å². The van der Waals surface area contributed by atoms with Gasteiger partial charge in [0.15, 0.2) is 0 Å². The fourth-order valence-electron chi connectivity index (χ4n) is 1.68. The van der Waals surface area contributed by atoms with E-state index in [1.807, 2.05) is 6.07 Å². The molecular weight excluding hydrogens is 226 g/mol. The molecule has 0 aliphatic carbocycles. The molecule has 4 nitrogen and oxygen atoms in total. The summed E-state index contributed by atoms with van der Waals surface area (Å²) in [6.07, 6.45) is 3.60. The minimum absolute atomic E-state index is 0.0577. The van der Waals surface area contributed by atoms with Crippen LogP contribution in [0.2, 0.25) is 0 Å². The summed E-state index contributed by atoms with van der Waals surface area (Å²) in [4.78, 5) is 17.6. The Labute approximate surface area is 108 Å². The summed E-state index contributed by atoms with van der Waals surface area (Å²) >= 11 is 0. The summed E-state index contributed by atoms with van der Waals surface area (Å²) in [5, 5.41) is 8.75. The van der Waals surface area contributed by atoms with Crippen molar-refractivity contribution in [1.29, 1.82) is 5.26 Å². The fraction of sp³-hybridized carbons (Fsp3) is 0.500. The highest BCUT2D eigenvalue weighted by Gasteiger charge is 2.12. The second kappa shape index (κ2) is 6.75. The predicted molar refractivity (Wildman–Crippen MR) is 70.0 cm³/mol. The zero-order chi connectivity index (χ0) is 13.5. The van der Waals surface area contributed by atoms with Crippen LogP contribution in [0, 0.1) is 17.2 Å². The fourth-order valence-corrected chi connectivity index (χ4v) is 1.68. The van der Waals surface area contributed by atoms with Gasteiger partial charge in [-0.1, -0.05) is 13.8 Å². The molecule has 0 atom stereocenters. The molecule has 1 rings (SSSR count). The van der Waals surface area contributed by atoms with Gasteiger partial charge in [0.1, 0.15) is 11.8 Å². The van der Waals surface area contributed by atoms with Crippen molar-refractivity contribution in [1.82, 2.24) is 9.88 Å². The van der Waals surface area contributed by atoms with Crippen molar-refractivity contribution in [2.75, 3.05) is 13.6 Å². The van der Waals surface area contributed by atoms with E-state index in [0.29, 0.717) is 11.5 Å². The molecule has 0 saturated heterocycles. The third-order valence-electron chi connectivity index (χ3n) is 2.74. The highest BCUT2D eigenvalue weighted by atomic mass is 16.2. The lowest BCUT2D eigenvalue weighted by Gasteiger charge is -2.17. The number of hydrogen-bond donors (Lipinski definition) is 0. The molecule has 1 aromatic heterocycles. The van der Waals surface area contributed by atoms with E-state index in [1.165, 1.54) is 12.3 Å². The first-order valence-electron chi connectivity index (χ1n) is 6.16. The van der Waals surface area contributed by atoms with Crippen LogP contribution in [0.4, 0.5) is 0 Å². The quantitative estimate of drug-likeness (QED) is 0.800. The average Bonchev–Trinajstić information content (AvgIpc) is 2.37. The van der Waals surface area contributed by atoms with Crippen LogP contribution in [0.5, 0.6) is 0 Å². The molecule has 0 aromatic carbocycles. The number of nitriles is 1. The van der Waals surface area contributed by atoms with Crippen molar-refractivity contribution in [2.45, 2.75) is 26.7 Å². The number of hydrogen-bond acceptors (Lipinski definition) is 3. The summed E-state index contributed by atoms with van der Waals surface area (Å²) in [6.45, 7) is 5.08. The van der Waals surface area contributed by atoms with Crippen molar-refractivity contribution in [3.05, 3.63) is 29.6 Å². The summed E-state index contributed by atoms with van der Waals surface area (Å²) in [7, 11) is 1.79. The molecule has 18 heavy (non-hydrogen) atoms. The molecule has 4 heteroatoms. The van der Waals surface area contributed by atoms with E-state index < -0.39 is 0 Å². The first-order valence-corrected chi connectivity index (χ1v) is 6.16. The van der Waals surface area contributed by atoms with Crippen LogP contribution in [0.1, 0.15) is 42.7 Å². The predicted octanol–water partition coefficient (Wildman–Crippen LogP) is 2.46. The molecule has 0 fully saturated rings. The van der Waals surface area contributed by atoms with Gasteiger partial charge in [0.2, 0.25) is 0 Å². The van der Waals surface area contributed by atoms with Gasteiger partial charge in [0.05, 0.1) is 0 Å². The number of carbonyl (C=O) groups is 1. The molecular formula is C14H19N3O. The minimum atomic E-state index is -0.0577. The maximum absolute atomic E-state index is 12.1. The first-order chi connectivity index (χ1) is 8.54. The molecule has 0 aliphatic rings. The van der Waals surface area contributed by atoms with E-state index in [0.717, 1.165) is 19.4 Å². The van der Waals surface area contributed by atoms with Crippen LogP contribution < -0.4 is 0 Å². The van der Waals surface area contributed by atoms with Gasteiger partial charge in [-0.2, -0.15) is 5.26 Å². The number of amides is 1. The van der Waals surface area contributed by atoms with Crippen LogP contribution in [-0.4, -0.2) is 29.4 Å². The Morgan fingerprint density at radius 3 is 2.89 bits per heavy atom. The Morgan fingerprint density at radius 2 is 2.28 bits per heavy atom. The molecule has 0 saturated carbocycles. The third-order valence-corrected chi connectivity index (χ3v) is 2.74. The monoisotopic (exact) mass is 245 g/mol. The van der Waals surface area contributed by atoms with Crippen molar-refractivity contribution < 1.29 is 4.79 Å². The van der Waals surface area contributed by atoms with Gasteiger partial charge in [-0.25, -0.2) is 4.98 Å². The molecule has 0 spiro atoms. The standard InChI is InChI=1S/C14H19N3O/c1-11(2)5-4-8-17(3)14(18)12-6-7-16-13(9-12)10-15/h6-7,9,11H,4-5,8H2,1-3H3. The van der Waals surface area contributed by atoms with E-state index in [2.05, 4.69) is 18.8 Å². The van der Waals surface area contributed by atoms with Crippen LogP contribution in [-0.2, 0) is 0 Å². The SMILES string of the molecule is CC(C)CCCN(C)C(=O)c1ccnc(C#N)c1. The van der Waals surface area contributed by atoms with E-state index in [9.17, 15) is 4.79 Å². The van der Waals surface area contributed by atoms with E-state index in [-0.39, 0.29) is 11.6 Å². The Balaban J connectivity index is 2.60. The normalized spacial score (nSPS) is 10.2. The highest BCUT2D eigenvalue weighted by Crippen LogP contribution is 2.08. The first kappa shape index (κ1) is 14.2. The largest absolute Gasteiger partial charge is 0.342 e. The lowest BCUT2D eigenvalue weighted by molar-refractivity contribution is 0.0791. The van der Waals surface area contributed by atoms with E-state index in [1.54, 1.807) is 18.0 Å². The minimum Gasteiger partial charge on any atom is -0.342 e. The number of nitrogens with zero attached hydrogens (tertiary/aromatic N) is 3. The zero-order valence-electron chi connectivity index (χ0n) is 11.2. The van der Waals surface area contributed by atoms with Gasteiger partial charge in [-0.05, 0) is 30.9 Å². The summed E-state index contributed by atoms with van der Waals surface area (Å²) < 4.78 is 0. The molecule has 1 amide bonds. The van der Waals surface area contributed by atoms with Crippen LogP contribution >= 0.6 is 0 Å². The molecule has 0 N–H and O–H groups in total. The van der Waals surface area contributed by atoms with Gasteiger partial charge in [-0.15, -0.1) is 0 Å². The maximum Gasteiger partial charge on any atom is 0.253 e. The zero-order valence-corrected chi connectivity index (χ0v) is 11.2. The Hall–Kier alpha value is -1.89. The van der Waals surface area contributed by atoms with Crippen LogP contribution in [0.25, 0.3) is 0 Å². The molecule has 1 aromatic rings. The highest BCUT2D eigenvalue weighted by molar-refractivity contribution is 5.94. The second-order valence-corrected chi connectivity index (χ2v) is 4.80. The molecule has 96 valence electrons. The average molecular weight is 245 g/mol. The Morgan fingerprint density at radius 1 is 1.56 bits per heavy atom. The summed E-state index contributed by atoms with van der Waals surface area (Å²) in [6, 6.07) is 5.11. The maximum atomic E-state index is 12.1.